The first-order valence-electron chi connectivity index (χ1n) is 5.38. The van der Waals surface area contributed by atoms with E-state index >= 15 is 0 Å². The minimum atomic E-state index is 0.211. The van der Waals surface area contributed by atoms with Crippen LogP contribution in [0, 0.1) is 6.92 Å². The highest BCUT2D eigenvalue weighted by atomic mass is 35.5. The van der Waals surface area contributed by atoms with Gasteiger partial charge in [-0.2, -0.15) is 15.0 Å². The summed E-state index contributed by atoms with van der Waals surface area (Å²) in [5.41, 5.74) is 1.22. The van der Waals surface area contributed by atoms with Crippen LogP contribution < -0.4 is 4.90 Å². The van der Waals surface area contributed by atoms with Gasteiger partial charge >= 0.3 is 0 Å². The molecule has 1 aromatic carbocycles. The zero-order chi connectivity index (χ0) is 13.1. The Morgan fingerprint density at radius 2 is 1.72 bits per heavy atom. The predicted octanol–water partition coefficient (Wildman–Crippen LogP) is 3.05. The van der Waals surface area contributed by atoms with Gasteiger partial charge in [0.1, 0.15) is 0 Å². The molecule has 1 aromatic heterocycles. The molecule has 0 fully saturated rings. The fourth-order valence-corrected chi connectivity index (χ4v) is 2.23. The molecular weight excluding hydrogens is 268 g/mol. The number of anilines is 1. The largest absolute Gasteiger partial charge is 0.347 e. The van der Waals surface area contributed by atoms with Crippen molar-refractivity contribution in [2.24, 2.45) is 0 Å². The van der Waals surface area contributed by atoms with Crippen molar-refractivity contribution in [1.82, 2.24) is 15.0 Å². The highest BCUT2D eigenvalue weighted by Crippen LogP contribution is 2.26. The molecule has 0 saturated carbocycles. The lowest BCUT2D eigenvalue weighted by atomic mass is 10.2. The maximum atomic E-state index is 5.88. The van der Waals surface area contributed by atoms with Crippen LogP contribution in [0.1, 0.15) is 5.56 Å². The Labute approximate surface area is 115 Å². The minimum absolute atomic E-state index is 0.211. The van der Waals surface area contributed by atoms with Crippen LogP contribution in [0.2, 0.25) is 5.28 Å². The monoisotopic (exact) mass is 280 g/mol. The molecule has 0 amide bonds. The number of aromatic nitrogens is 3. The molecule has 0 atom stereocenters. The van der Waals surface area contributed by atoms with Gasteiger partial charge in [0.15, 0.2) is 5.16 Å². The van der Waals surface area contributed by atoms with Crippen LogP contribution in [0.25, 0.3) is 0 Å². The van der Waals surface area contributed by atoms with Crippen LogP contribution >= 0.6 is 23.4 Å². The van der Waals surface area contributed by atoms with E-state index in [1.807, 2.05) is 26.2 Å². The summed E-state index contributed by atoms with van der Waals surface area (Å²) in [6, 6.07) is 8.18. The fraction of sp³-hybridized carbons (Fsp3) is 0.250. The van der Waals surface area contributed by atoms with Gasteiger partial charge in [-0.3, -0.25) is 0 Å². The zero-order valence-electron chi connectivity index (χ0n) is 10.4. The van der Waals surface area contributed by atoms with E-state index in [4.69, 9.17) is 11.6 Å². The van der Waals surface area contributed by atoms with Crippen LogP contribution in [0.15, 0.2) is 34.3 Å². The Morgan fingerprint density at radius 3 is 2.33 bits per heavy atom. The first kappa shape index (κ1) is 13.1. The van der Waals surface area contributed by atoms with Gasteiger partial charge in [0, 0.05) is 19.0 Å². The Kier molecular flexibility index (Phi) is 4.04. The van der Waals surface area contributed by atoms with E-state index in [2.05, 4.69) is 34.0 Å². The Balaban J connectivity index is 2.26. The van der Waals surface area contributed by atoms with Crippen molar-refractivity contribution < 1.29 is 0 Å². The average Bonchev–Trinajstić information content (AvgIpc) is 2.31. The summed E-state index contributed by atoms with van der Waals surface area (Å²) in [5.74, 6) is 0.560. The summed E-state index contributed by atoms with van der Waals surface area (Å²) < 4.78 is 0. The quantitative estimate of drug-likeness (QED) is 0.864. The highest BCUT2D eigenvalue weighted by molar-refractivity contribution is 7.99. The zero-order valence-corrected chi connectivity index (χ0v) is 12.0. The van der Waals surface area contributed by atoms with E-state index in [9.17, 15) is 0 Å². The molecular formula is C12H13ClN4S. The topological polar surface area (TPSA) is 41.9 Å². The Bertz CT molecular complexity index is 542. The van der Waals surface area contributed by atoms with Gasteiger partial charge in [-0.15, -0.1) is 0 Å². The lowest BCUT2D eigenvalue weighted by Crippen LogP contribution is -2.13. The van der Waals surface area contributed by atoms with Crippen LogP contribution in [-0.2, 0) is 0 Å². The molecule has 6 heteroatoms. The summed E-state index contributed by atoms with van der Waals surface area (Å²) in [6.07, 6.45) is 0. The average molecular weight is 281 g/mol. The predicted molar refractivity (Wildman–Crippen MR) is 74.5 cm³/mol. The molecule has 0 saturated heterocycles. The molecule has 0 N–H and O–H groups in total. The first-order valence-corrected chi connectivity index (χ1v) is 6.57. The van der Waals surface area contributed by atoms with E-state index in [0.29, 0.717) is 11.1 Å². The van der Waals surface area contributed by atoms with Crippen molar-refractivity contribution >= 4 is 29.3 Å². The molecule has 4 nitrogen and oxygen atoms in total. The summed E-state index contributed by atoms with van der Waals surface area (Å²) in [5, 5.41) is 0.811. The highest BCUT2D eigenvalue weighted by Gasteiger charge is 2.08. The van der Waals surface area contributed by atoms with Crippen LogP contribution in [0.3, 0.4) is 0 Å². The van der Waals surface area contributed by atoms with Gasteiger partial charge in [-0.05, 0) is 42.4 Å². The lowest BCUT2D eigenvalue weighted by molar-refractivity contribution is 0.865. The Morgan fingerprint density at radius 1 is 1.06 bits per heavy atom. The van der Waals surface area contributed by atoms with Crippen molar-refractivity contribution in [3.63, 3.8) is 0 Å². The normalized spacial score (nSPS) is 10.4. The fourth-order valence-electron chi connectivity index (χ4n) is 1.28. The molecule has 0 radical (unpaired) electrons. The number of nitrogens with zero attached hydrogens (tertiary/aromatic N) is 4. The van der Waals surface area contributed by atoms with E-state index in [0.717, 1.165) is 4.90 Å². The summed E-state index contributed by atoms with van der Waals surface area (Å²) in [7, 11) is 3.73. The molecule has 94 valence electrons. The third-order valence-corrected chi connectivity index (χ3v) is 3.25. The van der Waals surface area contributed by atoms with Crippen molar-refractivity contribution in [2.75, 3.05) is 19.0 Å². The molecule has 0 aliphatic rings. The number of halogens is 1. The number of aryl methyl sites for hydroxylation is 1. The van der Waals surface area contributed by atoms with E-state index in [1.54, 1.807) is 4.90 Å². The standard InChI is InChI=1S/C12H13ClN4S/c1-8-4-6-9(7-5-8)18-12-15-10(13)14-11(16-12)17(2)3/h4-7H,1-3H3. The van der Waals surface area contributed by atoms with Crippen LogP contribution in [0.5, 0.6) is 0 Å². The van der Waals surface area contributed by atoms with E-state index < -0.39 is 0 Å². The van der Waals surface area contributed by atoms with E-state index in [1.165, 1.54) is 17.3 Å². The van der Waals surface area contributed by atoms with Crippen molar-refractivity contribution in [3.8, 4) is 0 Å². The van der Waals surface area contributed by atoms with Gasteiger partial charge < -0.3 is 4.90 Å². The first-order chi connectivity index (χ1) is 8.54. The van der Waals surface area contributed by atoms with Crippen molar-refractivity contribution in [1.29, 1.82) is 0 Å². The molecule has 2 aromatic rings. The number of hydrogen-bond acceptors (Lipinski definition) is 5. The second-order valence-corrected chi connectivity index (χ2v) is 5.38. The van der Waals surface area contributed by atoms with Gasteiger partial charge in [0.05, 0.1) is 0 Å². The van der Waals surface area contributed by atoms with Gasteiger partial charge in [0.25, 0.3) is 0 Å². The molecule has 18 heavy (non-hydrogen) atoms. The molecule has 0 spiro atoms. The van der Waals surface area contributed by atoms with Crippen molar-refractivity contribution in [2.45, 2.75) is 17.0 Å². The maximum absolute atomic E-state index is 5.88. The molecule has 0 bridgehead atoms. The summed E-state index contributed by atoms with van der Waals surface area (Å²) in [6.45, 7) is 2.05. The SMILES string of the molecule is Cc1ccc(Sc2nc(Cl)nc(N(C)C)n2)cc1. The summed E-state index contributed by atoms with van der Waals surface area (Å²) in [4.78, 5) is 15.4. The second kappa shape index (κ2) is 5.54. The molecule has 1 heterocycles. The van der Waals surface area contributed by atoms with Gasteiger partial charge in [-0.1, -0.05) is 17.7 Å². The third kappa shape index (κ3) is 3.34. The molecule has 0 unspecified atom stereocenters. The number of benzene rings is 1. The third-order valence-electron chi connectivity index (χ3n) is 2.21. The Hall–Kier alpha value is -1.33. The van der Waals surface area contributed by atoms with Crippen molar-refractivity contribution in [3.05, 3.63) is 35.1 Å². The van der Waals surface area contributed by atoms with Gasteiger partial charge in [-0.25, -0.2) is 0 Å². The second-order valence-electron chi connectivity index (χ2n) is 4.00. The van der Waals surface area contributed by atoms with Crippen LogP contribution in [0.4, 0.5) is 5.95 Å². The molecule has 0 aliphatic carbocycles. The number of rotatable bonds is 3. The smallest absolute Gasteiger partial charge is 0.230 e. The molecule has 2 rings (SSSR count). The van der Waals surface area contributed by atoms with Crippen LogP contribution in [-0.4, -0.2) is 29.0 Å². The van der Waals surface area contributed by atoms with Gasteiger partial charge in [0.2, 0.25) is 11.2 Å². The molecule has 0 aliphatic heterocycles. The minimum Gasteiger partial charge on any atom is -0.347 e. The van der Waals surface area contributed by atoms with E-state index in [-0.39, 0.29) is 5.28 Å². The summed E-state index contributed by atoms with van der Waals surface area (Å²) >= 11 is 7.35. The maximum Gasteiger partial charge on any atom is 0.230 e. The number of hydrogen-bond donors (Lipinski definition) is 0. The lowest BCUT2D eigenvalue weighted by Gasteiger charge is -2.10.